The van der Waals surface area contributed by atoms with E-state index in [2.05, 4.69) is 5.32 Å². The summed E-state index contributed by atoms with van der Waals surface area (Å²) in [5.41, 5.74) is 0.889. The lowest BCUT2D eigenvalue weighted by Gasteiger charge is -2.17. The molecule has 1 aliphatic heterocycles. The predicted octanol–water partition coefficient (Wildman–Crippen LogP) is 5.34. The van der Waals surface area contributed by atoms with E-state index in [1.165, 1.54) is 37.5 Å². The molecule has 1 heterocycles. The minimum atomic E-state index is -0.603. The summed E-state index contributed by atoms with van der Waals surface area (Å²) < 4.78 is 24.2. The lowest BCUT2D eigenvalue weighted by molar-refractivity contribution is -0.127. The lowest BCUT2D eigenvalue weighted by atomic mass is 10.1. The van der Waals surface area contributed by atoms with E-state index < -0.39 is 29.4 Å². The monoisotopic (exact) mass is 492 g/mol. The van der Waals surface area contributed by atoms with Crippen LogP contribution in [-0.2, 0) is 9.59 Å². The highest BCUT2D eigenvalue weighted by molar-refractivity contribution is 8.18. The first-order chi connectivity index (χ1) is 15.7. The minimum absolute atomic E-state index is 0.0696. The zero-order valence-corrected chi connectivity index (χ0v) is 19.8. The number of nitrogens with zero attached hydrogens (tertiary/aromatic N) is 1. The largest absolute Gasteiger partial charge is 0.493 e. The van der Waals surface area contributed by atoms with Gasteiger partial charge in [0.05, 0.1) is 23.1 Å². The van der Waals surface area contributed by atoms with Crippen LogP contribution in [0.15, 0.2) is 41.3 Å². The molecule has 1 saturated heterocycles. The van der Waals surface area contributed by atoms with Gasteiger partial charge in [-0.3, -0.25) is 19.3 Å². The number of halogens is 2. The molecule has 0 aromatic heterocycles. The number of thioether (sulfide) groups is 1. The van der Waals surface area contributed by atoms with E-state index in [0.717, 1.165) is 23.1 Å². The van der Waals surface area contributed by atoms with Crippen molar-refractivity contribution in [1.82, 2.24) is 4.90 Å². The van der Waals surface area contributed by atoms with Gasteiger partial charge in [0.2, 0.25) is 5.91 Å². The van der Waals surface area contributed by atoms with Crippen LogP contribution in [-0.4, -0.2) is 41.7 Å². The molecule has 1 aliphatic rings. The Kier molecular flexibility index (Phi) is 7.99. The molecule has 10 heteroatoms. The molecule has 1 atom stereocenters. The predicted molar refractivity (Wildman–Crippen MR) is 126 cm³/mol. The Balaban J connectivity index is 1.75. The summed E-state index contributed by atoms with van der Waals surface area (Å²) in [6, 6.07) is 8.41. The van der Waals surface area contributed by atoms with Gasteiger partial charge in [-0.15, -0.1) is 0 Å². The molecule has 2 aromatic rings. The van der Waals surface area contributed by atoms with Crippen LogP contribution in [0.1, 0.15) is 25.8 Å². The van der Waals surface area contributed by atoms with Gasteiger partial charge in [-0.25, -0.2) is 4.39 Å². The van der Waals surface area contributed by atoms with Crippen LogP contribution in [0, 0.1) is 5.82 Å². The Hall–Kier alpha value is -3.04. The molecule has 0 radical (unpaired) electrons. The second-order valence-corrected chi connectivity index (χ2v) is 8.59. The van der Waals surface area contributed by atoms with Gasteiger partial charge in [0, 0.05) is 5.69 Å². The molecule has 0 saturated carbocycles. The van der Waals surface area contributed by atoms with E-state index >= 15 is 0 Å². The second-order valence-electron chi connectivity index (χ2n) is 7.19. The van der Waals surface area contributed by atoms with Crippen LogP contribution in [0.3, 0.4) is 0 Å². The van der Waals surface area contributed by atoms with Crippen LogP contribution in [0.2, 0.25) is 5.02 Å². The molecule has 0 bridgehead atoms. The molecule has 33 heavy (non-hydrogen) atoms. The van der Waals surface area contributed by atoms with Crippen molar-refractivity contribution in [2.24, 2.45) is 0 Å². The topological polar surface area (TPSA) is 84.9 Å². The summed E-state index contributed by atoms with van der Waals surface area (Å²) in [4.78, 5) is 38.3. The normalized spacial score (nSPS) is 15.7. The van der Waals surface area contributed by atoms with E-state index in [9.17, 15) is 18.8 Å². The summed E-state index contributed by atoms with van der Waals surface area (Å²) in [7, 11) is 1.48. The van der Waals surface area contributed by atoms with E-state index in [1.54, 1.807) is 12.1 Å². The van der Waals surface area contributed by atoms with Crippen molar-refractivity contribution >= 4 is 52.2 Å². The zero-order valence-electron chi connectivity index (χ0n) is 18.2. The summed E-state index contributed by atoms with van der Waals surface area (Å²) in [5, 5.41) is 2.25. The van der Waals surface area contributed by atoms with Gasteiger partial charge in [0.15, 0.2) is 11.5 Å². The molecular weight excluding hydrogens is 471 g/mol. The van der Waals surface area contributed by atoms with Crippen LogP contribution in [0.4, 0.5) is 14.9 Å². The summed E-state index contributed by atoms with van der Waals surface area (Å²) in [6.07, 6.45) is 2.22. The maximum absolute atomic E-state index is 13.0. The summed E-state index contributed by atoms with van der Waals surface area (Å²) in [5.74, 6) is -0.834. The molecule has 3 rings (SSSR count). The Morgan fingerprint density at radius 3 is 2.61 bits per heavy atom. The molecule has 2 aromatic carbocycles. The van der Waals surface area contributed by atoms with Crippen molar-refractivity contribution < 1.29 is 28.2 Å². The average Bonchev–Trinajstić information content (AvgIpc) is 3.04. The first-order valence-electron chi connectivity index (χ1n) is 10.1. The van der Waals surface area contributed by atoms with Gasteiger partial charge in [0.25, 0.3) is 11.1 Å². The number of methoxy groups -OCH3 is 1. The highest BCUT2D eigenvalue weighted by atomic mass is 35.5. The highest BCUT2D eigenvalue weighted by Crippen LogP contribution is 2.39. The molecule has 1 unspecified atom stereocenters. The van der Waals surface area contributed by atoms with E-state index in [1.807, 2.05) is 13.8 Å². The molecule has 1 fully saturated rings. The zero-order chi connectivity index (χ0) is 24.1. The fourth-order valence-corrected chi connectivity index (χ4v) is 3.99. The number of hydrogen-bond donors (Lipinski definition) is 1. The number of imide groups is 1. The number of nitrogens with one attached hydrogen (secondary N) is 1. The highest BCUT2D eigenvalue weighted by Gasteiger charge is 2.36. The van der Waals surface area contributed by atoms with Crippen molar-refractivity contribution in [2.75, 3.05) is 19.0 Å². The first-order valence-corrected chi connectivity index (χ1v) is 11.3. The Morgan fingerprint density at radius 2 is 1.97 bits per heavy atom. The fourth-order valence-electron chi connectivity index (χ4n) is 2.89. The summed E-state index contributed by atoms with van der Waals surface area (Å²) >= 11 is 7.09. The maximum atomic E-state index is 13.0. The maximum Gasteiger partial charge on any atom is 0.294 e. The first kappa shape index (κ1) is 24.6. The third-order valence-corrected chi connectivity index (χ3v) is 5.93. The number of ether oxygens (including phenoxy) is 2. The molecule has 1 N–H and O–H groups in total. The smallest absolute Gasteiger partial charge is 0.294 e. The van der Waals surface area contributed by atoms with Gasteiger partial charge in [-0.2, -0.15) is 0 Å². The van der Waals surface area contributed by atoms with Crippen LogP contribution in [0.5, 0.6) is 11.5 Å². The van der Waals surface area contributed by atoms with E-state index in [0.29, 0.717) is 27.8 Å². The molecule has 7 nitrogen and oxygen atoms in total. The van der Waals surface area contributed by atoms with Crippen molar-refractivity contribution in [3.05, 3.63) is 57.7 Å². The number of amides is 3. The van der Waals surface area contributed by atoms with Crippen molar-refractivity contribution in [3.63, 3.8) is 0 Å². The molecular formula is C23H22ClFN2O5S. The number of rotatable bonds is 8. The minimum Gasteiger partial charge on any atom is -0.493 e. The van der Waals surface area contributed by atoms with E-state index in [-0.39, 0.29) is 11.0 Å². The van der Waals surface area contributed by atoms with Crippen LogP contribution in [0.25, 0.3) is 6.08 Å². The molecule has 3 amide bonds. The quantitative estimate of drug-likeness (QED) is 0.501. The van der Waals surface area contributed by atoms with E-state index in [4.69, 9.17) is 21.1 Å². The van der Waals surface area contributed by atoms with Crippen molar-refractivity contribution in [1.29, 1.82) is 0 Å². The standard InChI is InChI=1S/C23H22ClFN2O5S/c1-4-13(2)32-21-17(24)9-14(10-18(21)31-3)11-19-22(29)27(23(30)33-19)12-20(28)26-16-7-5-15(25)6-8-16/h5-11,13H,4,12H2,1-3H3,(H,26,28). The number of hydrogen-bond acceptors (Lipinski definition) is 6. The van der Waals surface area contributed by atoms with Crippen molar-refractivity contribution in [3.8, 4) is 11.5 Å². The van der Waals surface area contributed by atoms with Gasteiger partial charge < -0.3 is 14.8 Å². The van der Waals surface area contributed by atoms with Gasteiger partial charge in [-0.05, 0) is 73.1 Å². The third-order valence-electron chi connectivity index (χ3n) is 4.75. The number of benzene rings is 2. The molecule has 174 valence electrons. The number of anilines is 1. The summed E-state index contributed by atoms with van der Waals surface area (Å²) in [6.45, 7) is 3.42. The third kappa shape index (κ3) is 6.06. The average molecular weight is 493 g/mol. The van der Waals surface area contributed by atoms with Gasteiger partial charge in [0.1, 0.15) is 12.4 Å². The fraction of sp³-hybridized carbons (Fsp3) is 0.261. The Labute approximate surface area is 199 Å². The van der Waals surface area contributed by atoms with Gasteiger partial charge in [-0.1, -0.05) is 18.5 Å². The number of carbonyl (C=O) groups is 3. The second kappa shape index (κ2) is 10.7. The molecule has 0 aliphatic carbocycles. The van der Waals surface area contributed by atoms with Crippen LogP contribution >= 0.6 is 23.4 Å². The Morgan fingerprint density at radius 1 is 1.27 bits per heavy atom. The van der Waals surface area contributed by atoms with Crippen molar-refractivity contribution in [2.45, 2.75) is 26.4 Å². The number of carbonyl (C=O) groups excluding carboxylic acids is 3. The SMILES string of the molecule is CCC(C)Oc1c(Cl)cc(C=C2SC(=O)N(CC(=O)Nc3ccc(F)cc3)C2=O)cc1OC. The van der Waals surface area contributed by atoms with Gasteiger partial charge >= 0.3 is 0 Å². The Bertz CT molecular complexity index is 1110. The lowest BCUT2D eigenvalue weighted by Crippen LogP contribution is -2.36. The van der Waals surface area contributed by atoms with Crippen LogP contribution < -0.4 is 14.8 Å². The molecule has 0 spiro atoms.